The number of carbonyl (C=O) groups is 2. The largest absolute Gasteiger partial charge is 0.480 e. The van der Waals surface area contributed by atoms with E-state index < -0.39 is 5.97 Å². The molecular weight excluding hydrogens is 254 g/mol. The third kappa shape index (κ3) is 3.47. The van der Waals surface area contributed by atoms with Crippen LogP contribution in [0, 0.1) is 0 Å². The van der Waals surface area contributed by atoms with E-state index in [1.165, 1.54) is 4.90 Å². The van der Waals surface area contributed by atoms with Gasteiger partial charge in [-0.3, -0.25) is 9.59 Å². The van der Waals surface area contributed by atoms with Gasteiger partial charge >= 0.3 is 5.97 Å². The molecule has 1 N–H and O–H groups in total. The highest BCUT2D eigenvalue weighted by molar-refractivity contribution is 5.96. The smallest absolute Gasteiger partial charge is 0.323 e. The number of carboxylic acids is 1. The molecule has 1 aromatic carbocycles. The molecule has 2 rings (SSSR count). The van der Waals surface area contributed by atoms with Crippen LogP contribution in [-0.2, 0) is 16.1 Å². The lowest BCUT2D eigenvalue weighted by Crippen LogP contribution is -2.36. The maximum absolute atomic E-state index is 12.5. The Labute approximate surface area is 118 Å². The Balaban J connectivity index is 2.17. The molecule has 0 atom stereocenters. The van der Waals surface area contributed by atoms with Gasteiger partial charge < -0.3 is 10.0 Å². The summed E-state index contributed by atoms with van der Waals surface area (Å²) >= 11 is 0. The first-order valence-electron chi connectivity index (χ1n) is 6.81. The van der Waals surface area contributed by atoms with Gasteiger partial charge in [-0.05, 0) is 31.7 Å². The molecule has 0 radical (unpaired) electrons. The minimum atomic E-state index is -0.981. The SMILES string of the molecule is CC1=C(C(=O)N(CC(=O)O)Cc2ccccc2)CCC1. The predicted molar refractivity (Wildman–Crippen MR) is 76.0 cm³/mol. The number of carbonyl (C=O) groups excluding carboxylic acids is 1. The van der Waals surface area contributed by atoms with Gasteiger partial charge in [0.2, 0.25) is 0 Å². The second-order valence-corrected chi connectivity index (χ2v) is 5.15. The Hall–Kier alpha value is -2.10. The summed E-state index contributed by atoms with van der Waals surface area (Å²) in [6, 6.07) is 9.48. The molecule has 0 fully saturated rings. The molecule has 0 heterocycles. The lowest BCUT2D eigenvalue weighted by Gasteiger charge is -2.22. The number of rotatable bonds is 5. The van der Waals surface area contributed by atoms with Crippen LogP contribution in [0.5, 0.6) is 0 Å². The molecule has 0 spiro atoms. The van der Waals surface area contributed by atoms with E-state index >= 15 is 0 Å². The van der Waals surface area contributed by atoms with E-state index in [1.54, 1.807) is 0 Å². The lowest BCUT2D eigenvalue weighted by molar-refractivity contribution is -0.143. The fraction of sp³-hybridized carbons (Fsp3) is 0.375. The first kappa shape index (κ1) is 14.3. The molecule has 0 aliphatic heterocycles. The van der Waals surface area contributed by atoms with Gasteiger partial charge in [0.15, 0.2) is 0 Å². The zero-order valence-corrected chi connectivity index (χ0v) is 11.6. The van der Waals surface area contributed by atoms with Crippen LogP contribution in [0.25, 0.3) is 0 Å². The minimum absolute atomic E-state index is 0.133. The van der Waals surface area contributed by atoms with Crippen molar-refractivity contribution in [2.24, 2.45) is 0 Å². The Kier molecular flexibility index (Phi) is 4.56. The summed E-state index contributed by atoms with van der Waals surface area (Å²) < 4.78 is 0. The van der Waals surface area contributed by atoms with Crippen LogP contribution >= 0.6 is 0 Å². The van der Waals surface area contributed by atoms with Crippen molar-refractivity contribution in [3.8, 4) is 0 Å². The van der Waals surface area contributed by atoms with Gasteiger partial charge in [0, 0.05) is 12.1 Å². The molecule has 0 unspecified atom stereocenters. The van der Waals surface area contributed by atoms with Gasteiger partial charge in [0.1, 0.15) is 6.54 Å². The average Bonchev–Trinajstić information content (AvgIpc) is 2.84. The van der Waals surface area contributed by atoms with Crippen molar-refractivity contribution in [2.45, 2.75) is 32.7 Å². The highest BCUT2D eigenvalue weighted by Gasteiger charge is 2.24. The van der Waals surface area contributed by atoms with Gasteiger partial charge in [0.05, 0.1) is 0 Å². The van der Waals surface area contributed by atoms with Crippen LogP contribution < -0.4 is 0 Å². The maximum atomic E-state index is 12.5. The molecule has 0 bridgehead atoms. The first-order valence-corrected chi connectivity index (χ1v) is 6.81. The summed E-state index contributed by atoms with van der Waals surface area (Å²) in [7, 11) is 0. The van der Waals surface area contributed by atoms with E-state index in [9.17, 15) is 9.59 Å². The van der Waals surface area contributed by atoms with Crippen LogP contribution in [0.4, 0.5) is 0 Å². The summed E-state index contributed by atoms with van der Waals surface area (Å²) in [5.41, 5.74) is 2.83. The van der Waals surface area contributed by atoms with Gasteiger partial charge in [-0.15, -0.1) is 0 Å². The van der Waals surface area contributed by atoms with E-state index in [2.05, 4.69) is 0 Å². The van der Waals surface area contributed by atoms with E-state index in [4.69, 9.17) is 5.11 Å². The number of hydrogen-bond donors (Lipinski definition) is 1. The summed E-state index contributed by atoms with van der Waals surface area (Å²) in [6.07, 6.45) is 2.68. The van der Waals surface area contributed by atoms with Gasteiger partial charge in [-0.2, -0.15) is 0 Å². The highest BCUT2D eigenvalue weighted by Crippen LogP contribution is 2.27. The van der Waals surface area contributed by atoms with Crippen molar-refractivity contribution >= 4 is 11.9 Å². The zero-order chi connectivity index (χ0) is 14.5. The van der Waals surface area contributed by atoms with Crippen molar-refractivity contribution in [2.75, 3.05) is 6.54 Å². The molecular formula is C16H19NO3. The topological polar surface area (TPSA) is 57.6 Å². The van der Waals surface area contributed by atoms with Gasteiger partial charge in [-0.1, -0.05) is 35.9 Å². The average molecular weight is 273 g/mol. The van der Waals surface area contributed by atoms with Crippen molar-refractivity contribution < 1.29 is 14.7 Å². The molecule has 0 aromatic heterocycles. The molecule has 0 saturated carbocycles. The van der Waals surface area contributed by atoms with Crippen molar-refractivity contribution in [3.05, 3.63) is 47.0 Å². The lowest BCUT2D eigenvalue weighted by atomic mass is 10.1. The second-order valence-electron chi connectivity index (χ2n) is 5.15. The Morgan fingerprint density at radius 1 is 1.20 bits per heavy atom. The van der Waals surface area contributed by atoms with Crippen LogP contribution in [0.1, 0.15) is 31.7 Å². The molecule has 1 amide bonds. The summed E-state index contributed by atoms with van der Waals surface area (Å²) in [5, 5.41) is 9.01. The number of amides is 1. The molecule has 1 aliphatic rings. The third-order valence-electron chi connectivity index (χ3n) is 3.58. The number of benzene rings is 1. The molecule has 4 heteroatoms. The van der Waals surface area contributed by atoms with Crippen molar-refractivity contribution in [1.82, 2.24) is 4.90 Å². The quantitative estimate of drug-likeness (QED) is 0.897. The van der Waals surface area contributed by atoms with Gasteiger partial charge in [0.25, 0.3) is 5.91 Å². The summed E-state index contributed by atoms with van der Waals surface area (Å²) in [4.78, 5) is 24.9. The number of nitrogens with zero attached hydrogens (tertiary/aromatic N) is 1. The van der Waals surface area contributed by atoms with Crippen molar-refractivity contribution in [3.63, 3.8) is 0 Å². The Bertz CT molecular complexity index is 534. The normalized spacial score (nSPS) is 14.4. The number of aliphatic carboxylic acids is 1. The Morgan fingerprint density at radius 3 is 2.45 bits per heavy atom. The molecule has 1 aromatic rings. The standard InChI is InChI=1S/C16H19NO3/c1-12-6-5-9-14(12)16(20)17(11-15(18)19)10-13-7-3-2-4-8-13/h2-4,7-8H,5-6,9-11H2,1H3,(H,18,19). The van der Waals surface area contributed by atoms with Gasteiger partial charge in [-0.25, -0.2) is 0 Å². The minimum Gasteiger partial charge on any atom is -0.480 e. The van der Waals surface area contributed by atoms with Crippen LogP contribution in [-0.4, -0.2) is 28.4 Å². The van der Waals surface area contributed by atoms with E-state index in [-0.39, 0.29) is 12.5 Å². The monoisotopic (exact) mass is 273 g/mol. The number of carboxylic acid groups (broad SMARTS) is 1. The summed E-state index contributed by atoms with van der Waals surface area (Å²) in [6.45, 7) is 2.04. The Morgan fingerprint density at radius 2 is 1.90 bits per heavy atom. The van der Waals surface area contributed by atoms with E-state index in [0.717, 1.165) is 36.0 Å². The molecule has 20 heavy (non-hydrogen) atoms. The second kappa shape index (κ2) is 6.37. The number of hydrogen-bond acceptors (Lipinski definition) is 2. The van der Waals surface area contributed by atoms with Crippen LogP contribution in [0.15, 0.2) is 41.5 Å². The summed E-state index contributed by atoms with van der Waals surface area (Å²) in [5.74, 6) is -1.11. The van der Waals surface area contributed by atoms with E-state index in [1.807, 2.05) is 37.3 Å². The maximum Gasteiger partial charge on any atom is 0.323 e. The fourth-order valence-electron chi connectivity index (χ4n) is 2.54. The number of allylic oxidation sites excluding steroid dienone is 1. The van der Waals surface area contributed by atoms with Crippen LogP contribution in [0.3, 0.4) is 0 Å². The first-order chi connectivity index (χ1) is 9.58. The third-order valence-corrected chi connectivity index (χ3v) is 3.58. The predicted octanol–water partition coefficient (Wildman–Crippen LogP) is 2.60. The van der Waals surface area contributed by atoms with Crippen LogP contribution in [0.2, 0.25) is 0 Å². The highest BCUT2D eigenvalue weighted by atomic mass is 16.4. The molecule has 0 saturated heterocycles. The molecule has 1 aliphatic carbocycles. The zero-order valence-electron chi connectivity index (χ0n) is 11.6. The van der Waals surface area contributed by atoms with E-state index in [0.29, 0.717) is 6.54 Å². The molecule has 4 nitrogen and oxygen atoms in total. The fourth-order valence-corrected chi connectivity index (χ4v) is 2.54. The van der Waals surface area contributed by atoms with Crippen molar-refractivity contribution in [1.29, 1.82) is 0 Å². The molecule has 106 valence electrons.